The van der Waals surface area contributed by atoms with Crippen molar-refractivity contribution in [1.82, 2.24) is 4.90 Å². The number of rotatable bonds is 2. The zero-order valence-electron chi connectivity index (χ0n) is 11.0. The summed E-state index contributed by atoms with van der Waals surface area (Å²) in [6.07, 6.45) is 3.16. The molecule has 0 aliphatic carbocycles. The molecule has 106 valence electrons. The molecule has 5 heteroatoms. The molecule has 2 N–H and O–H groups in total. The minimum absolute atomic E-state index is 0. The molecule has 0 spiro atoms. The molecule has 0 bridgehead atoms. The zero-order chi connectivity index (χ0) is 13.1. The average molecular weight is 303 g/mol. The van der Waals surface area contributed by atoms with Crippen LogP contribution in [0, 0.1) is 0 Å². The van der Waals surface area contributed by atoms with Crippen LogP contribution in [0.3, 0.4) is 0 Å². The first-order valence-electron chi connectivity index (χ1n) is 6.42. The Hall–Kier alpha value is -0.770. The Morgan fingerprint density at radius 1 is 1.42 bits per heavy atom. The van der Waals surface area contributed by atoms with E-state index < -0.39 is 0 Å². The highest BCUT2D eigenvalue weighted by molar-refractivity contribution is 6.33. The van der Waals surface area contributed by atoms with Gasteiger partial charge < -0.3 is 10.6 Å². The van der Waals surface area contributed by atoms with Crippen LogP contribution in [-0.2, 0) is 0 Å². The summed E-state index contributed by atoms with van der Waals surface area (Å²) in [5, 5.41) is 0.511. The number of carbonyl (C=O) groups excluding carboxylic acids is 1. The van der Waals surface area contributed by atoms with Gasteiger partial charge in [0.1, 0.15) is 0 Å². The highest BCUT2D eigenvalue weighted by atomic mass is 35.5. The van der Waals surface area contributed by atoms with E-state index in [1.165, 1.54) is 0 Å². The molecule has 2 atom stereocenters. The standard InChI is InChI=1S/C14H19ClN2O.ClH/c1-10(16)13-8-4-5-9-17(13)14(18)11-6-2-3-7-12(11)15;/h2-3,6-7,10,13H,4-5,8-9,16H2,1H3;1H. The monoisotopic (exact) mass is 302 g/mol. The maximum Gasteiger partial charge on any atom is 0.255 e. The van der Waals surface area contributed by atoms with Gasteiger partial charge in [0, 0.05) is 18.6 Å². The number of benzene rings is 1. The van der Waals surface area contributed by atoms with Crippen molar-refractivity contribution < 1.29 is 4.79 Å². The first-order valence-corrected chi connectivity index (χ1v) is 6.80. The number of piperidine rings is 1. The number of hydrogen-bond acceptors (Lipinski definition) is 2. The highest BCUT2D eigenvalue weighted by Gasteiger charge is 2.30. The van der Waals surface area contributed by atoms with E-state index in [4.69, 9.17) is 17.3 Å². The lowest BCUT2D eigenvalue weighted by atomic mass is 9.96. The third kappa shape index (κ3) is 3.62. The maximum absolute atomic E-state index is 12.5. The minimum Gasteiger partial charge on any atom is -0.334 e. The number of halogens is 2. The van der Waals surface area contributed by atoms with Crippen LogP contribution < -0.4 is 5.73 Å². The molecule has 1 aromatic rings. The van der Waals surface area contributed by atoms with E-state index >= 15 is 0 Å². The summed E-state index contributed by atoms with van der Waals surface area (Å²) >= 11 is 6.09. The normalized spacial score (nSPS) is 20.6. The van der Waals surface area contributed by atoms with Crippen molar-refractivity contribution in [2.24, 2.45) is 5.73 Å². The van der Waals surface area contributed by atoms with Crippen molar-refractivity contribution in [2.75, 3.05) is 6.54 Å². The first kappa shape index (κ1) is 16.3. The van der Waals surface area contributed by atoms with Crippen LogP contribution in [-0.4, -0.2) is 29.4 Å². The van der Waals surface area contributed by atoms with Gasteiger partial charge in [-0.05, 0) is 38.3 Å². The van der Waals surface area contributed by atoms with E-state index in [2.05, 4.69) is 0 Å². The van der Waals surface area contributed by atoms with Gasteiger partial charge in [0.05, 0.1) is 10.6 Å². The van der Waals surface area contributed by atoms with Crippen molar-refractivity contribution in [3.63, 3.8) is 0 Å². The summed E-state index contributed by atoms with van der Waals surface area (Å²) in [7, 11) is 0. The molecule has 2 rings (SSSR count). The van der Waals surface area contributed by atoms with Gasteiger partial charge in [-0.2, -0.15) is 0 Å². The van der Waals surface area contributed by atoms with Crippen LogP contribution >= 0.6 is 24.0 Å². The second-order valence-electron chi connectivity index (χ2n) is 4.90. The van der Waals surface area contributed by atoms with E-state index in [0.29, 0.717) is 10.6 Å². The van der Waals surface area contributed by atoms with Crippen molar-refractivity contribution in [3.8, 4) is 0 Å². The van der Waals surface area contributed by atoms with Crippen molar-refractivity contribution in [2.45, 2.75) is 38.3 Å². The lowest BCUT2D eigenvalue weighted by Crippen LogP contribution is -2.51. The Labute approximate surface area is 125 Å². The van der Waals surface area contributed by atoms with Gasteiger partial charge in [-0.3, -0.25) is 4.79 Å². The lowest BCUT2D eigenvalue weighted by Gasteiger charge is -2.38. The van der Waals surface area contributed by atoms with Crippen molar-refractivity contribution >= 4 is 29.9 Å². The zero-order valence-corrected chi connectivity index (χ0v) is 12.6. The van der Waals surface area contributed by atoms with Crippen LogP contribution in [0.1, 0.15) is 36.5 Å². The fraction of sp³-hybridized carbons (Fsp3) is 0.500. The molecule has 0 radical (unpaired) electrons. The van der Waals surface area contributed by atoms with Crippen LogP contribution in [0.15, 0.2) is 24.3 Å². The first-order chi connectivity index (χ1) is 8.61. The number of likely N-dealkylation sites (tertiary alicyclic amines) is 1. The summed E-state index contributed by atoms with van der Waals surface area (Å²) in [6, 6.07) is 7.32. The Kier molecular flexibility index (Phi) is 6.11. The van der Waals surface area contributed by atoms with Gasteiger partial charge in [-0.25, -0.2) is 0 Å². The van der Waals surface area contributed by atoms with Crippen LogP contribution in [0.2, 0.25) is 5.02 Å². The van der Waals surface area contributed by atoms with Gasteiger partial charge in [0.25, 0.3) is 5.91 Å². The van der Waals surface area contributed by atoms with Gasteiger partial charge >= 0.3 is 0 Å². The molecule has 3 nitrogen and oxygen atoms in total. The largest absolute Gasteiger partial charge is 0.334 e. The van der Waals surface area contributed by atoms with Crippen LogP contribution in [0.25, 0.3) is 0 Å². The topological polar surface area (TPSA) is 46.3 Å². The fourth-order valence-corrected chi connectivity index (χ4v) is 2.76. The SMILES string of the molecule is CC(N)C1CCCCN1C(=O)c1ccccc1Cl.Cl. The number of carbonyl (C=O) groups is 1. The van der Waals surface area contributed by atoms with E-state index in [1.807, 2.05) is 24.0 Å². The highest BCUT2D eigenvalue weighted by Crippen LogP contribution is 2.24. The van der Waals surface area contributed by atoms with Crippen LogP contribution in [0.5, 0.6) is 0 Å². The molecule has 1 amide bonds. The van der Waals surface area contributed by atoms with Gasteiger partial charge in [0.2, 0.25) is 0 Å². The molecule has 2 unspecified atom stereocenters. The molecule has 1 aromatic carbocycles. The second-order valence-corrected chi connectivity index (χ2v) is 5.31. The Morgan fingerprint density at radius 3 is 2.74 bits per heavy atom. The predicted molar refractivity (Wildman–Crippen MR) is 81.0 cm³/mol. The van der Waals surface area contributed by atoms with E-state index in [1.54, 1.807) is 12.1 Å². The molecule has 1 heterocycles. The molecule has 1 aliphatic heterocycles. The van der Waals surface area contributed by atoms with E-state index in [0.717, 1.165) is 25.8 Å². The van der Waals surface area contributed by atoms with E-state index in [-0.39, 0.29) is 30.4 Å². The quantitative estimate of drug-likeness (QED) is 0.912. The molecule has 0 saturated carbocycles. The number of hydrogen-bond donors (Lipinski definition) is 1. The molecule has 0 aromatic heterocycles. The molecular formula is C14H20Cl2N2O. The maximum atomic E-state index is 12.5. The molecular weight excluding hydrogens is 283 g/mol. The van der Waals surface area contributed by atoms with Crippen molar-refractivity contribution in [1.29, 1.82) is 0 Å². The lowest BCUT2D eigenvalue weighted by molar-refractivity contribution is 0.0584. The van der Waals surface area contributed by atoms with Gasteiger partial charge in [0.15, 0.2) is 0 Å². The molecule has 1 fully saturated rings. The Bertz CT molecular complexity index is 437. The Balaban J connectivity index is 0.00000180. The number of nitrogens with two attached hydrogens (primary N) is 1. The second kappa shape index (κ2) is 7.13. The molecule has 1 aliphatic rings. The fourth-order valence-electron chi connectivity index (χ4n) is 2.55. The average Bonchev–Trinajstić information content (AvgIpc) is 2.38. The smallest absolute Gasteiger partial charge is 0.255 e. The Morgan fingerprint density at radius 2 is 2.11 bits per heavy atom. The molecule has 1 saturated heterocycles. The number of nitrogens with zero attached hydrogens (tertiary/aromatic N) is 1. The summed E-state index contributed by atoms with van der Waals surface area (Å²) < 4.78 is 0. The summed E-state index contributed by atoms with van der Waals surface area (Å²) in [5.41, 5.74) is 6.56. The number of amides is 1. The predicted octanol–water partition coefficient (Wildman–Crippen LogP) is 3.10. The van der Waals surface area contributed by atoms with Crippen LogP contribution in [0.4, 0.5) is 0 Å². The van der Waals surface area contributed by atoms with Gasteiger partial charge in [-0.15, -0.1) is 12.4 Å². The summed E-state index contributed by atoms with van der Waals surface area (Å²) in [6.45, 7) is 2.74. The third-order valence-corrected chi connectivity index (χ3v) is 3.85. The van der Waals surface area contributed by atoms with Crippen molar-refractivity contribution in [3.05, 3.63) is 34.9 Å². The minimum atomic E-state index is -0.00302. The third-order valence-electron chi connectivity index (χ3n) is 3.52. The summed E-state index contributed by atoms with van der Waals surface area (Å²) in [4.78, 5) is 14.4. The van der Waals surface area contributed by atoms with Gasteiger partial charge in [-0.1, -0.05) is 23.7 Å². The summed E-state index contributed by atoms with van der Waals surface area (Å²) in [5.74, 6) is 0.00241. The van der Waals surface area contributed by atoms with E-state index in [9.17, 15) is 4.79 Å². The molecule has 19 heavy (non-hydrogen) atoms.